The van der Waals surface area contributed by atoms with Crippen molar-refractivity contribution in [3.8, 4) is 0 Å². The van der Waals surface area contributed by atoms with Gasteiger partial charge < -0.3 is 15.2 Å². The maximum atomic E-state index is 14.7. The van der Waals surface area contributed by atoms with Crippen LogP contribution < -0.4 is 5.32 Å². The SMILES string of the molecule is CCC1CCC(NC(=O)OC(C)(C)C)C(F)(C(=O)O)C1. The Hall–Kier alpha value is -1.33. The number of alkyl carbamates (subject to hydrolysis) is 1. The molecule has 0 radical (unpaired) electrons. The van der Waals surface area contributed by atoms with Crippen molar-refractivity contribution in [2.75, 3.05) is 0 Å². The number of hydrogen-bond acceptors (Lipinski definition) is 3. The third-order valence-corrected chi connectivity index (χ3v) is 3.63. The Balaban J connectivity index is 2.77. The molecule has 1 aliphatic rings. The molecule has 0 heterocycles. The van der Waals surface area contributed by atoms with E-state index >= 15 is 0 Å². The monoisotopic (exact) mass is 289 g/mol. The number of ether oxygens (including phenoxy) is 1. The van der Waals surface area contributed by atoms with Gasteiger partial charge in [-0.1, -0.05) is 13.3 Å². The second-order valence-corrected chi connectivity index (χ2v) is 6.42. The van der Waals surface area contributed by atoms with E-state index in [0.717, 1.165) is 6.42 Å². The molecule has 1 saturated carbocycles. The Kier molecular flexibility index (Phi) is 5.00. The lowest BCUT2D eigenvalue weighted by atomic mass is 9.75. The number of amides is 1. The first kappa shape index (κ1) is 16.7. The molecule has 0 aromatic heterocycles. The fourth-order valence-corrected chi connectivity index (χ4v) is 2.52. The summed E-state index contributed by atoms with van der Waals surface area (Å²) in [5.41, 5.74) is -3.12. The quantitative estimate of drug-likeness (QED) is 0.837. The van der Waals surface area contributed by atoms with Gasteiger partial charge in [-0.3, -0.25) is 0 Å². The maximum absolute atomic E-state index is 14.7. The predicted molar refractivity (Wildman–Crippen MR) is 72.3 cm³/mol. The molecule has 0 aliphatic heterocycles. The van der Waals surface area contributed by atoms with Crippen LogP contribution in [0.4, 0.5) is 9.18 Å². The molecular formula is C14H24FNO4. The lowest BCUT2D eigenvalue weighted by molar-refractivity contribution is -0.156. The molecule has 1 amide bonds. The normalized spacial score (nSPS) is 30.6. The molecule has 2 N–H and O–H groups in total. The fraction of sp³-hybridized carbons (Fsp3) is 0.857. The van der Waals surface area contributed by atoms with Crippen LogP contribution in [0.1, 0.15) is 53.4 Å². The summed E-state index contributed by atoms with van der Waals surface area (Å²) in [6.45, 7) is 7.00. The Morgan fingerprint density at radius 2 is 2.00 bits per heavy atom. The second-order valence-electron chi connectivity index (χ2n) is 6.42. The van der Waals surface area contributed by atoms with Gasteiger partial charge in [0.25, 0.3) is 0 Å². The third kappa shape index (κ3) is 4.08. The van der Waals surface area contributed by atoms with Gasteiger partial charge in [0, 0.05) is 0 Å². The van der Waals surface area contributed by atoms with Crippen LogP contribution in [0.5, 0.6) is 0 Å². The summed E-state index contributed by atoms with van der Waals surface area (Å²) in [5, 5.41) is 11.5. The Morgan fingerprint density at radius 3 is 2.45 bits per heavy atom. The zero-order chi connectivity index (χ0) is 15.6. The Labute approximate surface area is 118 Å². The standard InChI is InChI=1S/C14H24FNO4/c1-5-9-6-7-10(14(15,8-9)11(17)18)16-12(19)20-13(2,3)4/h9-10H,5-8H2,1-4H3,(H,16,19)(H,17,18). The van der Waals surface area contributed by atoms with Crippen molar-refractivity contribution in [2.24, 2.45) is 5.92 Å². The molecule has 116 valence electrons. The van der Waals surface area contributed by atoms with Gasteiger partial charge in [-0.05, 0) is 46.0 Å². The molecule has 0 aromatic rings. The summed E-state index contributed by atoms with van der Waals surface area (Å²) in [5.74, 6) is -1.48. The second kappa shape index (κ2) is 5.97. The van der Waals surface area contributed by atoms with Crippen molar-refractivity contribution in [3.63, 3.8) is 0 Å². The van der Waals surface area contributed by atoms with Gasteiger partial charge in [-0.2, -0.15) is 0 Å². The van der Waals surface area contributed by atoms with Crippen LogP contribution in [0.15, 0.2) is 0 Å². The minimum atomic E-state index is -2.42. The number of rotatable bonds is 3. The molecule has 1 aliphatic carbocycles. The summed E-state index contributed by atoms with van der Waals surface area (Å²) in [6, 6.07) is -1.04. The van der Waals surface area contributed by atoms with Crippen LogP contribution in [0.2, 0.25) is 0 Å². The van der Waals surface area contributed by atoms with Gasteiger partial charge in [0.2, 0.25) is 5.67 Å². The topological polar surface area (TPSA) is 75.6 Å². The highest BCUT2D eigenvalue weighted by Crippen LogP contribution is 2.37. The number of carbonyl (C=O) groups is 2. The zero-order valence-electron chi connectivity index (χ0n) is 12.5. The molecular weight excluding hydrogens is 265 g/mol. The van der Waals surface area contributed by atoms with Crippen molar-refractivity contribution in [2.45, 2.75) is 70.7 Å². The molecule has 20 heavy (non-hydrogen) atoms. The molecule has 6 heteroatoms. The molecule has 3 unspecified atom stereocenters. The largest absolute Gasteiger partial charge is 0.479 e. The highest BCUT2D eigenvalue weighted by atomic mass is 19.1. The summed E-state index contributed by atoms with van der Waals surface area (Å²) >= 11 is 0. The van der Waals surface area contributed by atoms with Crippen molar-refractivity contribution in [1.29, 1.82) is 0 Å². The number of aliphatic carboxylic acids is 1. The highest BCUT2D eigenvalue weighted by molar-refractivity contribution is 5.80. The number of carbonyl (C=O) groups excluding carboxylic acids is 1. The summed E-state index contributed by atoms with van der Waals surface area (Å²) in [4.78, 5) is 22.9. The van der Waals surface area contributed by atoms with Crippen molar-refractivity contribution < 1.29 is 23.8 Å². The molecule has 1 rings (SSSR count). The van der Waals surface area contributed by atoms with Crippen molar-refractivity contribution in [1.82, 2.24) is 5.32 Å². The predicted octanol–water partition coefficient (Wildman–Crippen LogP) is 2.88. The van der Waals surface area contributed by atoms with Crippen LogP contribution >= 0.6 is 0 Å². The lowest BCUT2D eigenvalue weighted by Crippen LogP contribution is -2.58. The van der Waals surface area contributed by atoms with E-state index < -0.39 is 29.4 Å². The molecule has 3 atom stereocenters. The first-order valence-electron chi connectivity index (χ1n) is 7.00. The minimum absolute atomic E-state index is 0.0350. The minimum Gasteiger partial charge on any atom is -0.479 e. The lowest BCUT2D eigenvalue weighted by Gasteiger charge is -2.38. The highest BCUT2D eigenvalue weighted by Gasteiger charge is 2.51. The molecule has 0 aromatic carbocycles. The van der Waals surface area contributed by atoms with E-state index in [9.17, 15) is 14.0 Å². The molecule has 0 saturated heterocycles. The van der Waals surface area contributed by atoms with Gasteiger partial charge in [0.15, 0.2) is 0 Å². The van der Waals surface area contributed by atoms with Crippen LogP contribution in [-0.2, 0) is 9.53 Å². The fourth-order valence-electron chi connectivity index (χ4n) is 2.52. The Morgan fingerprint density at radius 1 is 1.40 bits per heavy atom. The van der Waals surface area contributed by atoms with E-state index in [-0.39, 0.29) is 12.3 Å². The zero-order valence-corrected chi connectivity index (χ0v) is 12.5. The van der Waals surface area contributed by atoms with Gasteiger partial charge >= 0.3 is 12.1 Å². The van der Waals surface area contributed by atoms with Gasteiger partial charge in [-0.25, -0.2) is 14.0 Å². The van der Waals surface area contributed by atoms with Gasteiger partial charge in [-0.15, -0.1) is 0 Å². The van der Waals surface area contributed by atoms with Gasteiger partial charge in [0.05, 0.1) is 6.04 Å². The molecule has 0 spiro atoms. The van der Waals surface area contributed by atoms with Crippen LogP contribution in [0.3, 0.4) is 0 Å². The summed E-state index contributed by atoms with van der Waals surface area (Å²) in [7, 11) is 0. The molecule has 1 fully saturated rings. The number of halogens is 1. The van der Waals surface area contributed by atoms with E-state index in [0.29, 0.717) is 12.8 Å². The number of nitrogens with one attached hydrogen (secondary N) is 1. The molecule has 0 bridgehead atoms. The Bertz CT molecular complexity index is 380. The number of carboxylic acid groups (broad SMARTS) is 1. The average molecular weight is 289 g/mol. The van der Waals surface area contributed by atoms with E-state index in [2.05, 4.69) is 5.32 Å². The number of carboxylic acids is 1. The van der Waals surface area contributed by atoms with E-state index in [1.54, 1.807) is 20.8 Å². The third-order valence-electron chi connectivity index (χ3n) is 3.63. The maximum Gasteiger partial charge on any atom is 0.407 e. The number of hydrogen-bond donors (Lipinski definition) is 2. The average Bonchev–Trinajstić information content (AvgIpc) is 2.29. The van der Waals surface area contributed by atoms with Crippen LogP contribution in [-0.4, -0.2) is 34.5 Å². The first-order chi connectivity index (χ1) is 9.08. The van der Waals surface area contributed by atoms with Crippen molar-refractivity contribution in [3.05, 3.63) is 0 Å². The van der Waals surface area contributed by atoms with E-state index in [1.165, 1.54) is 0 Å². The number of alkyl halides is 1. The summed E-state index contributed by atoms with van der Waals surface area (Å²) in [6.07, 6.45) is 0.897. The van der Waals surface area contributed by atoms with Crippen molar-refractivity contribution >= 4 is 12.1 Å². The van der Waals surface area contributed by atoms with Gasteiger partial charge in [0.1, 0.15) is 5.60 Å². The summed E-state index contributed by atoms with van der Waals surface area (Å²) < 4.78 is 19.8. The smallest absolute Gasteiger partial charge is 0.407 e. The van der Waals surface area contributed by atoms with E-state index in [1.807, 2.05) is 6.92 Å². The van der Waals surface area contributed by atoms with Crippen LogP contribution in [0.25, 0.3) is 0 Å². The first-order valence-corrected chi connectivity index (χ1v) is 7.00. The van der Waals surface area contributed by atoms with Crippen LogP contribution in [0, 0.1) is 5.92 Å². The van der Waals surface area contributed by atoms with E-state index in [4.69, 9.17) is 9.84 Å². The molecule has 5 nitrogen and oxygen atoms in total.